The SMILES string of the molecule is O=C(NCc1ccccc1)c1ccc(S(=O)(=O)NCCc2ccccc2)cc1. The zero-order valence-corrected chi connectivity index (χ0v) is 16.2. The summed E-state index contributed by atoms with van der Waals surface area (Å²) in [6.45, 7) is 0.729. The summed E-state index contributed by atoms with van der Waals surface area (Å²) in [5.41, 5.74) is 2.48. The molecule has 3 aromatic carbocycles. The number of hydrogen-bond donors (Lipinski definition) is 2. The van der Waals surface area contributed by atoms with Crippen molar-refractivity contribution < 1.29 is 13.2 Å². The van der Waals surface area contributed by atoms with Gasteiger partial charge in [0.1, 0.15) is 0 Å². The number of rotatable bonds is 8. The van der Waals surface area contributed by atoms with Crippen molar-refractivity contribution in [3.63, 3.8) is 0 Å². The van der Waals surface area contributed by atoms with Crippen molar-refractivity contribution in [3.8, 4) is 0 Å². The zero-order valence-electron chi connectivity index (χ0n) is 15.3. The van der Waals surface area contributed by atoms with E-state index in [0.29, 0.717) is 25.1 Å². The van der Waals surface area contributed by atoms with Crippen LogP contribution in [0.2, 0.25) is 0 Å². The predicted molar refractivity (Wildman–Crippen MR) is 109 cm³/mol. The molecule has 0 saturated heterocycles. The fraction of sp³-hybridized carbons (Fsp3) is 0.136. The van der Waals surface area contributed by atoms with Gasteiger partial charge in [-0.15, -0.1) is 0 Å². The third-order valence-corrected chi connectivity index (χ3v) is 5.75. The van der Waals surface area contributed by atoms with Crippen LogP contribution in [0.3, 0.4) is 0 Å². The largest absolute Gasteiger partial charge is 0.348 e. The fourth-order valence-corrected chi connectivity index (χ4v) is 3.76. The lowest BCUT2D eigenvalue weighted by Gasteiger charge is -2.09. The van der Waals surface area contributed by atoms with Crippen LogP contribution in [0.1, 0.15) is 21.5 Å². The first-order chi connectivity index (χ1) is 13.5. The van der Waals surface area contributed by atoms with E-state index in [0.717, 1.165) is 11.1 Å². The molecule has 1 amide bonds. The van der Waals surface area contributed by atoms with Gasteiger partial charge in [0.2, 0.25) is 10.0 Å². The molecule has 0 heterocycles. The van der Waals surface area contributed by atoms with Gasteiger partial charge in [0.15, 0.2) is 0 Å². The minimum absolute atomic E-state index is 0.139. The van der Waals surface area contributed by atoms with Gasteiger partial charge in [-0.2, -0.15) is 0 Å². The summed E-state index contributed by atoms with van der Waals surface area (Å²) < 4.78 is 27.4. The van der Waals surface area contributed by atoms with Crippen LogP contribution < -0.4 is 10.0 Å². The molecule has 6 heteroatoms. The van der Waals surface area contributed by atoms with E-state index in [-0.39, 0.29) is 10.8 Å². The van der Waals surface area contributed by atoms with E-state index in [1.54, 1.807) is 0 Å². The van der Waals surface area contributed by atoms with Gasteiger partial charge in [0, 0.05) is 18.7 Å². The molecule has 2 N–H and O–H groups in total. The van der Waals surface area contributed by atoms with Crippen LogP contribution in [0.5, 0.6) is 0 Å². The van der Waals surface area contributed by atoms with E-state index >= 15 is 0 Å². The smallest absolute Gasteiger partial charge is 0.251 e. The number of amides is 1. The Morgan fingerprint density at radius 1 is 0.750 bits per heavy atom. The van der Waals surface area contributed by atoms with Crippen LogP contribution in [-0.4, -0.2) is 20.9 Å². The van der Waals surface area contributed by atoms with E-state index in [2.05, 4.69) is 10.0 Å². The molecule has 3 rings (SSSR count). The van der Waals surface area contributed by atoms with Gasteiger partial charge in [-0.1, -0.05) is 60.7 Å². The number of hydrogen-bond acceptors (Lipinski definition) is 3. The summed E-state index contributed by atoms with van der Waals surface area (Å²) in [7, 11) is -3.61. The van der Waals surface area contributed by atoms with Crippen molar-refractivity contribution in [3.05, 3.63) is 102 Å². The average Bonchev–Trinajstić information content (AvgIpc) is 2.73. The summed E-state index contributed by atoms with van der Waals surface area (Å²) >= 11 is 0. The highest BCUT2D eigenvalue weighted by Gasteiger charge is 2.14. The Bertz CT molecular complexity index is 1000. The molecule has 0 aliphatic rings. The van der Waals surface area contributed by atoms with Gasteiger partial charge in [0.05, 0.1) is 4.90 Å². The highest BCUT2D eigenvalue weighted by molar-refractivity contribution is 7.89. The fourth-order valence-electron chi connectivity index (χ4n) is 2.72. The molecule has 0 bridgehead atoms. The van der Waals surface area contributed by atoms with Crippen molar-refractivity contribution in [1.29, 1.82) is 0 Å². The number of carbonyl (C=O) groups is 1. The van der Waals surface area contributed by atoms with Crippen molar-refractivity contribution >= 4 is 15.9 Å². The molecule has 0 fully saturated rings. The molecule has 0 aliphatic heterocycles. The van der Waals surface area contributed by atoms with Crippen molar-refractivity contribution in [2.75, 3.05) is 6.54 Å². The summed E-state index contributed by atoms with van der Waals surface area (Å²) in [6, 6.07) is 25.2. The van der Waals surface area contributed by atoms with E-state index in [9.17, 15) is 13.2 Å². The lowest BCUT2D eigenvalue weighted by atomic mass is 10.2. The Balaban J connectivity index is 1.55. The van der Waals surface area contributed by atoms with Crippen LogP contribution in [0.4, 0.5) is 0 Å². The second kappa shape index (κ2) is 9.30. The van der Waals surface area contributed by atoms with Crippen LogP contribution >= 0.6 is 0 Å². The summed E-state index contributed by atoms with van der Waals surface area (Å²) in [5, 5.41) is 2.82. The van der Waals surface area contributed by atoms with Crippen molar-refractivity contribution in [2.45, 2.75) is 17.9 Å². The summed E-state index contributed by atoms with van der Waals surface area (Å²) in [6.07, 6.45) is 0.611. The Labute approximate surface area is 165 Å². The second-order valence-electron chi connectivity index (χ2n) is 6.33. The summed E-state index contributed by atoms with van der Waals surface area (Å²) in [5.74, 6) is -0.246. The third-order valence-electron chi connectivity index (χ3n) is 4.27. The van der Waals surface area contributed by atoms with E-state index in [1.807, 2.05) is 60.7 Å². The standard InChI is InChI=1S/C22H22N2O3S/c25-22(23-17-19-9-5-2-6-10-19)20-11-13-21(14-12-20)28(26,27)24-16-15-18-7-3-1-4-8-18/h1-14,24H,15-17H2,(H,23,25). The van der Waals surface area contributed by atoms with Crippen LogP contribution in [0.15, 0.2) is 89.8 Å². The van der Waals surface area contributed by atoms with Gasteiger partial charge in [-0.3, -0.25) is 4.79 Å². The van der Waals surface area contributed by atoms with Crippen molar-refractivity contribution in [2.24, 2.45) is 0 Å². The van der Waals surface area contributed by atoms with Crippen LogP contribution in [0.25, 0.3) is 0 Å². The minimum Gasteiger partial charge on any atom is -0.348 e. The molecule has 0 saturated carbocycles. The molecular weight excluding hydrogens is 372 g/mol. The van der Waals surface area contributed by atoms with E-state index in [4.69, 9.17) is 0 Å². The number of sulfonamides is 1. The highest BCUT2D eigenvalue weighted by Crippen LogP contribution is 2.11. The van der Waals surface area contributed by atoms with Crippen LogP contribution in [0, 0.1) is 0 Å². The maximum absolute atomic E-state index is 12.4. The topological polar surface area (TPSA) is 75.3 Å². The summed E-state index contributed by atoms with van der Waals surface area (Å²) in [4.78, 5) is 12.4. The molecule has 0 spiro atoms. The lowest BCUT2D eigenvalue weighted by molar-refractivity contribution is 0.0951. The molecule has 0 atom stereocenters. The monoisotopic (exact) mass is 394 g/mol. The van der Waals surface area contributed by atoms with E-state index < -0.39 is 10.0 Å². The Hall–Kier alpha value is -2.96. The number of carbonyl (C=O) groups excluding carboxylic acids is 1. The average molecular weight is 394 g/mol. The molecule has 3 aromatic rings. The molecule has 0 radical (unpaired) electrons. The zero-order chi connectivity index (χ0) is 19.8. The highest BCUT2D eigenvalue weighted by atomic mass is 32.2. The third kappa shape index (κ3) is 5.52. The molecular formula is C22H22N2O3S. The van der Waals surface area contributed by atoms with Gasteiger partial charge in [-0.05, 0) is 41.8 Å². The molecule has 28 heavy (non-hydrogen) atoms. The maximum atomic E-state index is 12.4. The molecule has 0 aliphatic carbocycles. The first kappa shape index (κ1) is 19.8. The maximum Gasteiger partial charge on any atom is 0.251 e. The van der Waals surface area contributed by atoms with Gasteiger partial charge in [0.25, 0.3) is 5.91 Å². The minimum atomic E-state index is -3.61. The van der Waals surface area contributed by atoms with Crippen molar-refractivity contribution in [1.82, 2.24) is 10.0 Å². The number of benzene rings is 3. The van der Waals surface area contributed by atoms with Gasteiger partial charge >= 0.3 is 0 Å². The Morgan fingerprint density at radius 3 is 1.93 bits per heavy atom. The van der Waals surface area contributed by atoms with Gasteiger partial charge < -0.3 is 5.32 Å². The molecule has 0 aromatic heterocycles. The normalized spacial score (nSPS) is 11.1. The van der Waals surface area contributed by atoms with Gasteiger partial charge in [-0.25, -0.2) is 13.1 Å². The molecule has 5 nitrogen and oxygen atoms in total. The predicted octanol–water partition coefficient (Wildman–Crippen LogP) is 3.14. The molecule has 144 valence electrons. The van der Waals surface area contributed by atoms with Crippen LogP contribution in [-0.2, 0) is 23.0 Å². The lowest BCUT2D eigenvalue weighted by Crippen LogP contribution is -2.26. The molecule has 0 unspecified atom stereocenters. The Kier molecular flexibility index (Phi) is 6.57. The first-order valence-corrected chi connectivity index (χ1v) is 10.5. The second-order valence-corrected chi connectivity index (χ2v) is 8.09. The first-order valence-electron chi connectivity index (χ1n) is 9.00. The van der Waals surface area contributed by atoms with E-state index in [1.165, 1.54) is 24.3 Å². The number of nitrogens with one attached hydrogen (secondary N) is 2. The quantitative estimate of drug-likeness (QED) is 0.616. The Morgan fingerprint density at radius 2 is 1.32 bits per heavy atom.